The van der Waals surface area contributed by atoms with Crippen molar-refractivity contribution in [3.63, 3.8) is 0 Å². The Labute approximate surface area is 229 Å². The van der Waals surface area contributed by atoms with Crippen LogP contribution in [0.1, 0.15) is 43.7 Å². The van der Waals surface area contributed by atoms with Crippen LogP contribution >= 0.6 is 0 Å². The van der Waals surface area contributed by atoms with Crippen LogP contribution in [-0.4, -0.2) is 36.1 Å². The number of halogens is 1. The Bertz CT molecular complexity index is 1610. The third-order valence-corrected chi connectivity index (χ3v) is 6.91. The standard InChI is InChI=1S/C28H29FN4O5S.2H2/c1-16(2)15-37-22-13-20(12-21(29)14-22)24-7-6-23(27(34)33-39(35,36)25-8-9-30-32-25)28(31-24)38-26-18(4)10-17(3)11-19(26)5;;/h6-14,16H,15H2,1-5H3,(H,30,32)(H,33,34);2*1H. The van der Waals surface area contributed by atoms with Crippen LogP contribution in [0.25, 0.3) is 11.3 Å². The van der Waals surface area contributed by atoms with E-state index in [-0.39, 0.29) is 25.2 Å². The summed E-state index contributed by atoms with van der Waals surface area (Å²) >= 11 is 0. The Kier molecular flexibility index (Phi) is 8.01. The first-order valence-corrected chi connectivity index (χ1v) is 13.7. The van der Waals surface area contributed by atoms with Crippen molar-refractivity contribution in [1.82, 2.24) is 19.9 Å². The number of nitrogens with zero attached hydrogens (tertiary/aromatic N) is 2. The summed E-state index contributed by atoms with van der Waals surface area (Å²) in [5, 5.41) is 5.66. The minimum Gasteiger partial charge on any atom is -0.493 e. The molecule has 4 aromatic rings. The van der Waals surface area contributed by atoms with Gasteiger partial charge in [0.2, 0.25) is 5.88 Å². The van der Waals surface area contributed by atoms with Gasteiger partial charge in [-0.05, 0) is 68.1 Å². The lowest BCUT2D eigenvalue weighted by Crippen LogP contribution is -2.31. The lowest BCUT2D eigenvalue weighted by molar-refractivity contribution is 0.0978. The quantitative estimate of drug-likeness (QED) is 0.260. The van der Waals surface area contributed by atoms with Crippen LogP contribution in [0, 0.1) is 32.5 Å². The van der Waals surface area contributed by atoms with Gasteiger partial charge in [-0.1, -0.05) is 31.5 Å². The Morgan fingerprint density at radius 3 is 2.44 bits per heavy atom. The van der Waals surface area contributed by atoms with Gasteiger partial charge in [0, 0.05) is 14.5 Å². The van der Waals surface area contributed by atoms with Crippen LogP contribution in [0.5, 0.6) is 17.4 Å². The Morgan fingerprint density at radius 1 is 1.08 bits per heavy atom. The number of nitrogens with one attached hydrogen (secondary N) is 2. The fourth-order valence-corrected chi connectivity index (χ4v) is 4.83. The molecule has 208 valence electrons. The summed E-state index contributed by atoms with van der Waals surface area (Å²) in [6.45, 7) is 10.0. The number of sulfonamides is 1. The molecule has 2 heterocycles. The van der Waals surface area contributed by atoms with Gasteiger partial charge in [0.05, 0.1) is 18.5 Å². The average molecular weight is 557 g/mol. The first-order valence-electron chi connectivity index (χ1n) is 12.2. The van der Waals surface area contributed by atoms with E-state index in [4.69, 9.17) is 9.47 Å². The maximum Gasteiger partial charge on any atom is 0.281 e. The monoisotopic (exact) mass is 556 g/mol. The number of hydrogen-bond donors (Lipinski definition) is 2. The molecule has 0 aliphatic rings. The predicted octanol–water partition coefficient (Wildman–Crippen LogP) is 5.97. The van der Waals surface area contributed by atoms with E-state index in [0.717, 1.165) is 16.7 Å². The summed E-state index contributed by atoms with van der Waals surface area (Å²) in [5.41, 5.74) is 3.19. The molecule has 0 fully saturated rings. The number of hydrogen-bond acceptors (Lipinski definition) is 7. The van der Waals surface area contributed by atoms with Crippen molar-refractivity contribution >= 4 is 15.9 Å². The van der Waals surface area contributed by atoms with Crippen LogP contribution in [0.3, 0.4) is 0 Å². The Hall–Kier alpha value is -4.25. The number of H-pyrrole nitrogens is 1. The van der Waals surface area contributed by atoms with Crippen molar-refractivity contribution in [2.24, 2.45) is 5.92 Å². The SMILES string of the molecule is Cc1cc(C)c(Oc2nc(-c3cc(F)cc(OCC(C)C)c3)ccc2C(=O)NS(=O)(=O)c2ccn[nH]2)c(C)c1.[HH].[HH]. The van der Waals surface area contributed by atoms with Gasteiger partial charge in [0.25, 0.3) is 15.9 Å². The number of ether oxygens (including phenoxy) is 2. The van der Waals surface area contributed by atoms with Gasteiger partial charge in [0.1, 0.15) is 22.9 Å². The van der Waals surface area contributed by atoms with E-state index in [1.807, 2.05) is 51.5 Å². The highest BCUT2D eigenvalue weighted by Crippen LogP contribution is 2.33. The van der Waals surface area contributed by atoms with E-state index in [2.05, 4.69) is 15.2 Å². The van der Waals surface area contributed by atoms with Gasteiger partial charge >= 0.3 is 0 Å². The summed E-state index contributed by atoms with van der Waals surface area (Å²) in [6, 6.07) is 12.1. The van der Waals surface area contributed by atoms with Gasteiger partial charge < -0.3 is 9.47 Å². The number of aryl methyl sites for hydroxylation is 3. The normalized spacial score (nSPS) is 11.5. The molecule has 11 heteroatoms. The molecule has 2 aromatic heterocycles. The highest BCUT2D eigenvalue weighted by Gasteiger charge is 2.24. The summed E-state index contributed by atoms with van der Waals surface area (Å²) in [6.07, 6.45) is 1.25. The number of carbonyl (C=O) groups is 1. The predicted molar refractivity (Wildman–Crippen MR) is 148 cm³/mol. The molecule has 9 nitrogen and oxygen atoms in total. The molecule has 39 heavy (non-hydrogen) atoms. The second-order valence-corrected chi connectivity index (χ2v) is 11.3. The third kappa shape index (κ3) is 6.61. The van der Waals surface area contributed by atoms with Gasteiger partial charge in [-0.25, -0.2) is 14.1 Å². The molecule has 2 aromatic carbocycles. The number of aromatic nitrogens is 3. The molecule has 4 rings (SSSR count). The highest BCUT2D eigenvalue weighted by atomic mass is 32.2. The Balaban J connectivity index is 0.00000294. The molecular formula is C28H33FN4O5S. The Morgan fingerprint density at radius 2 is 1.79 bits per heavy atom. The minimum absolute atomic E-state index is 0. The van der Waals surface area contributed by atoms with Crippen molar-refractivity contribution in [2.45, 2.75) is 39.6 Å². The fraction of sp³-hybridized carbons (Fsp3) is 0.250. The molecule has 0 saturated carbocycles. The topological polar surface area (TPSA) is 123 Å². The second-order valence-electron chi connectivity index (χ2n) is 9.62. The molecule has 0 spiro atoms. The maximum absolute atomic E-state index is 14.5. The number of carbonyl (C=O) groups excluding carboxylic acids is 1. The van der Waals surface area contributed by atoms with Crippen molar-refractivity contribution in [3.05, 3.63) is 82.8 Å². The first kappa shape index (κ1) is 27.8. The molecule has 0 aliphatic carbocycles. The van der Waals surface area contributed by atoms with Gasteiger partial charge in [-0.2, -0.15) is 13.5 Å². The van der Waals surface area contributed by atoms with Crippen molar-refractivity contribution in [1.29, 1.82) is 0 Å². The second kappa shape index (κ2) is 11.2. The lowest BCUT2D eigenvalue weighted by atomic mass is 10.1. The molecule has 2 N–H and O–H groups in total. The largest absolute Gasteiger partial charge is 0.493 e. The lowest BCUT2D eigenvalue weighted by Gasteiger charge is -2.16. The number of amides is 1. The summed E-state index contributed by atoms with van der Waals surface area (Å²) in [5.74, 6) is -0.577. The molecule has 0 radical (unpaired) electrons. The van der Waals surface area contributed by atoms with Crippen LogP contribution < -0.4 is 14.2 Å². The number of rotatable bonds is 9. The molecule has 0 atom stereocenters. The fourth-order valence-electron chi connectivity index (χ4n) is 3.96. The summed E-state index contributed by atoms with van der Waals surface area (Å²) < 4.78 is 53.6. The summed E-state index contributed by atoms with van der Waals surface area (Å²) in [4.78, 5) is 17.7. The van der Waals surface area contributed by atoms with Crippen LogP contribution in [0.2, 0.25) is 0 Å². The zero-order valence-electron chi connectivity index (χ0n) is 22.2. The van der Waals surface area contributed by atoms with E-state index in [1.165, 1.54) is 36.5 Å². The van der Waals surface area contributed by atoms with E-state index in [9.17, 15) is 17.6 Å². The third-order valence-electron chi connectivity index (χ3n) is 5.65. The molecule has 0 bridgehead atoms. The van der Waals surface area contributed by atoms with Crippen LogP contribution in [0.4, 0.5) is 4.39 Å². The molecule has 0 aliphatic heterocycles. The summed E-state index contributed by atoms with van der Waals surface area (Å²) in [7, 11) is -4.23. The molecule has 1 amide bonds. The zero-order valence-corrected chi connectivity index (χ0v) is 23.0. The molecular weight excluding hydrogens is 523 g/mol. The van der Waals surface area contributed by atoms with Crippen molar-refractivity contribution < 1.29 is 29.9 Å². The first-order chi connectivity index (χ1) is 18.4. The maximum atomic E-state index is 14.5. The van der Waals surface area contributed by atoms with Gasteiger partial charge in [-0.3, -0.25) is 9.89 Å². The molecule has 0 unspecified atom stereocenters. The number of aromatic amines is 1. The van der Waals surface area contributed by atoms with Gasteiger partial charge in [-0.15, -0.1) is 0 Å². The van der Waals surface area contributed by atoms with Crippen LogP contribution in [0.15, 0.2) is 59.8 Å². The van der Waals surface area contributed by atoms with E-state index in [1.54, 1.807) is 6.07 Å². The minimum atomic E-state index is -4.23. The van der Waals surface area contributed by atoms with Crippen molar-refractivity contribution in [3.8, 4) is 28.6 Å². The number of pyridine rings is 1. The van der Waals surface area contributed by atoms with Crippen molar-refractivity contribution in [2.75, 3.05) is 6.61 Å². The van der Waals surface area contributed by atoms with E-state index >= 15 is 0 Å². The highest BCUT2D eigenvalue weighted by molar-refractivity contribution is 7.90. The average Bonchev–Trinajstić information content (AvgIpc) is 3.40. The van der Waals surface area contributed by atoms with Crippen LogP contribution in [-0.2, 0) is 10.0 Å². The van der Waals surface area contributed by atoms with E-state index < -0.39 is 21.7 Å². The molecule has 0 saturated heterocycles. The smallest absolute Gasteiger partial charge is 0.281 e. The van der Waals surface area contributed by atoms with E-state index in [0.29, 0.717) is 29.4 Å². The zero-order chi connectivity index (χ0) is 28.3. The number of benzene rings is 2. The van der Waals surface area contributed by atoms with Gasteiger partial charge in [0.15, 0.2) is 5.03 Å².